The third kappa shape index (κ3) is 4.36. The highest BCUT2D eigenvalue weighted by Gasteiger charge is 2.36. The quantitative estimate of drug-likeness (QED) is 0.583. The van der Waals surface area contributed by atoms with Crippen LogP contribution in [0.2, 0.25) is 18.1 Å². The van der Waals surface area contributed by atoms with Crippen molar-refractivity contribution in [3.63, 3.8) is 0 Å². The SMILES string of the molecule is CC(C)(C)[Si](C)(C)OCc1ccc(C(=O)c2cccnc2)cc1. The third-order valence-electron chi connectivity index (χ3n) is 4.55. The molecule has 2 rings (SSSR count). The number of carbonyl (C=O) groups excluding carboxylic acids is 1. The largest absolute Gasteiger partial charge is 0.413 e. The van der Waals surface area contributed by atoms with Gasteiger partial charge in [0.2, 0.25) is 0 Å². The molecule has 0 spiro atoms. The molecule has 4 heteroatoms. The average molecular weight is 328 g/mol. The molecule has 0 aliphatic rings. The lowest BCUT2D eigenvalue weighted by Gasteiger charge is -2.36. The van der Waals surface area contributed by atoms with Crippen LogP contribution in [0.5, 0.6) is 0 Å². The number of benzene rings is 1. The second kappa shape index (κ2) is 6.77. The molecule has 1 aromatic carbocycles. The van der Waals surface area contributed by atoms with Gasteiger partial charge in [0, 0.05) is 23.5 Å². The molecule has 0 unspecified atom stereocenters. The van der Waals surface area contributed by atoms with Gasteiger partial charge >= 0.3 is 0 Å². The molecule has 0 radical (unpaired) electrons. The van der Waals surface area contributed by atoms with Gasteiger partial charge < -0.3 is 4.43 Å². The minimum Gasteiger partial charge on any atom is -0.413 e. The smallest absolute Gasteiger partial charge is 0.194 e. The first kappa shape index (κ1) is 17.6. The van der Waals surface area contributed by atoms with Crippen LogP contribution in [-0.4, -0.2) is 19.1 Å². The first-order valence-electron chi connectivity index (χ1n) is 7.88. The Balaban J connectivity index is 2.04. The maximum Gasteiger partial charge on any atom is 0.194 e. The lowest BCUT2D eigenvalue weighted by molar-refractivity contribution is 0.103. The van der Waals surface area contributed by atoms with Gasteiger partial charge in [-0.25, -0.2) is 0 Å². The molecule has 122 valence electrons. The number of ketones is 1. The van der Waals surface area contributed by atoms with E-state index in [1.165, 1.54) is 0 Å². The van der Waals surface area contributed by atoms with Crippen LogP contribution in [0.3, 0.4) is 0 Å². The van der Waals surface area contributed by atoms with Crippen molar-refractivity contribution in [2.45, 2.75) is 45.5 Å². The molecule has 0 amide bonds. The van der Waals surface area contributed by atoms with Crippen molar-refractivity contribution >= 4 is 14.1 Å². The van der Waals surface area contributed by atoms with Crippen molar-refractivity contribution in [3.8, 4) is 0 Å². The summed E-state index contributed by atoms with van der Waals surface area (Å²) in [7, 11) is -1.75. The Hall–Kier alpha value is -1.78. The molecule has 3 nitrogen and oxygen atoms in total. The monoisotopic (exact) mass is 327 g/mol. The van der Waals surface area contributed by atoms with E-state index in [9.17, 15) is 4.79 Å². The van der Waals surface area contributed by atoms with Gasteiger partial charge in [-0.2, -0.15) is 0 Å². The van der Waals surface area contributed by atoms with Gasteiger partial charge in [-0.15, -0.1) is 0 Å². The van der Waals surface area contributed by atoms with E-state index in [2.05, 4.69) is 38.8 Å². The van der Waals surface area contributed by atoms with Crippen molar-refractivity contribution in [1.82, 2.24) is 4.98 Å². The molecule has 2 aromatic rings. The normalized spacial score (nSPS) is 12.2. The summed E-state index contributed by atoms with van der Waals surface area (Å²) in [5, 5.41) is 0.198. The highest BCUT2D eigenvalue weighted by Crippen LogP contribution is 2.37. The van der Waals surface area contributed by atoms with Crippen molar-refractivity contribution in [2.75, 3.05) is 0 Å². The predicted molar refractivity (Wildman–Crippen MR) is 96.1 cm³/mol. The van der Waals surface area contributed by atoms with Crippen LogP contribution in [0.15, 0.2) is 48.8 Å². The molecule has 0 saturated carbocycles. The second-order valence-corrected chi connectivity index (χ2v) is 12.1. The van der Waals surface area contributed by atoms with E-state index in [4.69, 9.17) is 4.43 Å². The molecule has 23 heavy (non-hydrogen) atoms. The van der Waals surface area contributed by atoms with Gasteiger partial charge in [0.05, 0.1) is 6.61 Å². The molecule has 0 fully saturated rings. The molecule has 1 heterocycles. The van der Waals surface area contributed by atoms with Crippen LogP contribution in [0.1, 0.15) is 42.3 Å². The van der Waals surface area contributed by atoms with Crippen molar-refractivity contribution in [2.24, 2.45) is 0 Å². The summed E-state index contributed by atoms with van der Waals surface area (Å²) in [5.74, 6) is -0.00466. The number of nitrogens with zero attached hydrogens (tertiary/aromatic N) is 1. The minimum atomic E-state index is -1.75. The fraction of sp³-hybridized carbons (Fsp3) is 0.368. The average Bonchev–Trinajstić information content (AvgIpc) is 2.52. The van der Waals surface area contributed by atoms with Crippen molar-refractivity contribution in [3.05, 3.63) is 65.5 Å². The van der Waals surface area contributed by atoms with Crippen LogP contribution in [-0.2, 0) is 11.0 Å². The molecule has 0 atom stereocenters. The lowest BCUT2D eigenvalue weighted by atomic mass is 10.0. The highest BCUT2D eigenvalue weighted by molar-refractivity contribution is 6.74. The Morgan fingerprint density at radius 2 is 1.74 bits per heavy atom. The Morgan fingerprint density at radius 1 is 1.09 bits per heavy atom. The van der Waals surface area contributed by atoms with Gasteiger partial charge in [-0.05, 0) is 35.8 Å². The van der Waals surface area contributed by atoms with Crippen molar-refractivity contribution < 1.29 is 9.22 Å². The molecule has 0 aliphatic heterocycles. The molecular weight excluding hydrogens is 302 g/mol. The van der Waals surface area contributed by atoms with Gasteiger partial charge in [0.1, 0.15) is 0 Å². The molecule has 0 aliphatic carbocycles. The summed E-state index contributed by atoms with van der Waals surface area (Å²) in [6.07, 6.45) is 3.26. The van der Waals surface area contributed by atoms with Crippen LogP contribution in [0.25, 0.3) is 0 Å². The zero-order chi connectivity index (χ0) is 17.1. The minimum absolute atomic E-state index is 0.00466. The Labute approximate surface area is 139 Å². The Bertz CT molecular complexity index is 658. The summed E-state index contributed by atoms with van der Waals surface area (Å²) >= 11 is 0. The number of aromatic nitrogens is 1. The Morgan fingerprint density at radius 3 is 2.26 bits per heavy atom. The summed E-state index contributed by atoms with van der Waals surface area (Å²) in [6.45, 7) is 11.8. The highest BCUT2D eigenvalue weighted by atomic mass is 28.4. The van der Waals surface area contributed by atoms with Crippen LogP contribution >= 0.6 is 0 Å². The van der Waals surface area contributed by atoms with Crippen LogP contribution in [0.4, 0.5) is 0 Å². The summed E-state index contributed by atoms with van der Waals surface area (Å²) < 4.78 is 6.21. The maximum absolute atomic E-state index is 12.3. The van der Waals surface area contributed by atoms with E-state index in [0.29, 0.717) is 17.7 Å². The maximum atomic E-state index is 12.3. The zero-order valence-electron chi connectivity index (χ0n) is 14.6. The Kier molecular flexibility index (Phi) is 5.17. The number of carbonyl (C=O) groups is 1. The first-order valence-corrected chi connectivity index (χ1v) is 10.8. The summed E-state index contributed by atoms with van der Waals surface area (Å²) in [6, 6.07) is 11.2. The molecule has 0 saturated heterocycles. The van der Waals surface area contributed by atoms with E-state index < -0.39 is 8.32 Å². The van der Waals surface area contributed by atoms with Gasteiger partial charge in [0.25, 0.3) is 0 Å². The number of pyridine rings is 1. The van der Waals surface area contributed by atoms with E-state index >= 15 is 0 Å². The standard InChI is InChI=1S/C19H25NO2Si/c1-19(2,3)23(4,5)22-14-15-8-10-16(11-9-15)18(21)17-7-6-12-20-13-17/h6-13H,14H2,1-5H3. The number of hydrogen-bond acceptors (Lipinski definition) is 3. The summed E-state index contributed by atoms with van der Waals surface area (Å²) in [5.41, 5.74) is 2.38. The van der Waals surface area contributed by atoms with Crippen LogP contribution in [0, 0.1) is 0 Å². The fourth-order valence-corrected chi connectivity index (χ4v) is 2.86. The molecule has 0 N–H and O–H groups in total. The zero-order valence-corrected chi connectivity index (χ0v) is 15.6. The van der Waals surface area contributed by atoms with E-state index in [-0.39, 0.29) is 10.8 Å². The number of hydrogen-bond donors (Lipinski definition) is 0. The van der Waals surface area contributed by atoms with E-state index in [1.807, 2.05) is 24.3 Å². The molecule has 0 bridgehead atoms. The summed E-state index contributed by atoms with van der Waals surface area (Å²) in [4.78, 5) is 16.3. The van der Waals surface area contributed by atoms with E-state index in [1.54, 1.807) is 24.5 Å². The topological polar surface area (TPSA) is 39.2 Å². The van der Waals surface area contributed by atoms with Crippen LogP contribution < -0.4 is 0 Å². The fourth-order valence-electron chi connectivity index (χ4n) is 1.90. The molecule has 1 aromatic heterocycles. The second-order valence-electron chi connectivity index (χ2n) is 7.32. The number of rotatable bonds is 5. The first-order chi connectivity index (χ1) is 10.7. The lowest BCUT2D eigenvalue weighted by Crippen LogP contribution is -2.40. The van der Waals surface area contributed by atoms with Gasteiger partial charge in [0.15, 0.2) is 14.1 Å². The predicted octanol–water partition coefficient (Wildman–Crippen LogP) is 4.83. The van der Waals surface area contributed by atoms with Gasteiger partial charge in [-0.3, -0.25) is 9.78 Å². The molecular formula is C19H25NO2Si. The third-order valence-corrected chi connectivity index (χ3v) is 9.02. The van der Waals surface area contributed by atoms with Gasteiger partial charge in [-0.1, -0.05) is 45.0 Å². The van der Waals surface area contributed by atoms with Crippen molar-refractivity contribution in [1.29, 1.82) is 0 Å². The van der Waals surface area contributed by atoms with E-state index in [0.717, 1.165) is 5.56 Å².